The molecule has 0 aliphatic carbocycles. The van der Waals surface area contributed by atoms with E-state index in [2.05, 4.69) is 25.7 Å². The summed E-state index contributed by atoms with van der Waals surface area (Å²) in [6.07, 6.45) is 3.23. The van der Waals surface area contributed by atoms with Gasteiger partial charge in [0.2, 0.25) is 0 Å². The fourth-order valence-corrected chi connectivity index (χ4v) is 0.979. The van der Waals surface area contributed by atoms with Gasteiger partial charge in [-0.3, -0.25) is 0 Å². The predicted octanol–water partition coefficient (Wildman–Crippen LogP) is 1.58. The van der Waals surface area contributed by atoms with Gasteiger partial charge in [-0.05, 0) is 19.9 Å². The zero-order chi connectivity index (χ0) is 8.69. The molecule has 11 heavy (non-hydrogen) atoms. The van der Waals surface area contributed by atoms with Crippen LogP contribution in [0, 0.1) is 0 Å². The highest BCUT2D eigenvalue weighted by atomic mass is 16.5. The second-order valence-electron chi connectivity index (χ2n) is 2.68. The quantitative estimate of drug-likeness (QED) is 0.591. The van der Waals surface area contributed by atoms with Gasteiger partial charge >= 0.3 is 0 Å². The van der Waals surface area contributed by atoms with Crippen LogP contribution in [0.5, 0.6) is 0 Å². The maximum atomic E-state index is 5.14. The maximum absolute atomic E-state index is 5.14. The van der Waals surface area contributed by atoms with Crippen molar-refractivity contribution in [3.05, 3.63) is 12.7 Å². The fraction of sp³-hybridized carbons (Fsp3) is 0.778. The van der Waals surface area contributed by atoms with Gasteiger partial charge in [-0.2, -0.15) is 0 Å². The number of nitrogens with one attached hydrogen (secondary N) is 1. The molecule has 2 unspecified atom stereocenters. The molecule has 0 amide bonds. The monoisotopic (exact) mass is 157 g/mol. The molecule has 2 nitrogen and oxygen atoms in total. The molecule has 2 heteroatoms. The Hall–Kier alpha value is -0.340. The summed E-state index contributed by atoms with van der Waals surface area (Å²) >= 11 is 0. The Labute approximate surface area is 69.6 Å². The molecule has 0 bridgehead atoms. The molecule has 0 aromatic carbocycles. The van der Waals surface area contributed by atoms with Crippen LogP contribution in [0.4, 0.5) is 0 Å². The second kappa shape index (κ2) is 6.38. The van der Waals surface area contributed by atoms with E-state index in [4.69, 9.17) is 4.74 Å². The van der Waals surface area contributed by atoms with Crippen molar-refractivity contribution in [3.63, 3.8) is 0 Å². The topological polar surface area (TPSA) is 21.3 Å². The molecule has 1 N–H and O–H groups in total. The fourth-order valence-electron chi connectivity index (χ4n) is 0.979. The molecular weight excluding hydrogens is 138 g/mol. The Balaban J connectivity index is 3.58. The third-order valence-corrected chi connectivity index (χ3v) is 1.74. The lowest BCUT2D eigenvalue weighted by Gasteiger charge is -2.17. The van der Waals surface area contributed by atoms with E-state index in [1.165, 1.54) is 0 Å². The average molecular weight is 157 g/mol. The van der Waals surface area contributed by atoms with Crippen molar-refractivity contribution in [1.29, 1.82) is 0 Å². The molecule has 0 aromatic heterocycles. The van der Waals surface area contributed by atoms with Crippen LogP contribution < -0.4 is 5.32 Å². The maximum Gasteiger partial charge on any atom is 0.0561 e. The number of methoxy groups -OCH3 is 1. The molecule has 0 fully saturated rings. The zero-order valence-electron chi connectivity index (χ0n) is 7.76. The first-order valence-corrected chi connectivity index (χ1v) is 4.13. The smallest absolute Gasteiger partial charge is 0.0561 e. The lowest BCUT2D eigenvalue weighted by atomic mass is 10.1. The SMILES string of the molecule is C=CC(CC(C)OC)NCC. The number of hydrogen-bond acceptors (Lipinski definition) is 2. The van der Waals surface area contributed by atoms with Crippen molar-refractivity contribution in [1.82, 2.24) is 5.32 Å². The van der Waals surface area contributed by atoms with E-state index in [0.29, 0.717) is 12.1 Å². The van der Waals surface area contributed by atoms with Crippen LogP contribution in [0.15, 0.2) is 12.7 Å². The molecule has 0 radical (unpaired) electrons. The molecule has 0 aromatic rings. The first-order valence-electron chi connectivity index (χ1n) is 4.13. The van der Waals surface area contributed by atoms with Gasteiger partial charge in [-0.25, -0.2) is 0 Å². The largest absolute Gasteiger partial charge is 0.382 e. The zero-order valence-corrected chi connectivity index (χ0v) is 7.76. The van der Waals surface area contributed by atoms with E-state index in [1.54, 1.807) is 7.11 Å². The first kappa shape index (κ1) is 10.7. The standard InChI is InChI=1S/C9H19NO/c1-5-9(10-6-2)7-8(3)11-4/h5,8-10H,1,6-7H2,2-4H3. The molecule has 0 saturated carbocycles. The van der Waals surface area contributed by atoms with Crippen molar-refractivity contribution < 1.29 is 4.74 Å². The summed E-state index contributed by atoms with van der Waals surface area (Å²) in [5.74, 6) is 0. The molecule has 2 atom stereocenters. The van der Waals surface area contributed by atoms with E-state index in [0.717, 1.165) is 13.0 Å². The van der Waals surface area contributed by atoms with Gasteiger partial charge in [0.05, 0.1) is 6.10 Å². The molecule has 0 heterocycles. The van der Waals surface area contributed by atoms with Crippen LogP contribution in [0.2, 0.25) is 0 Å². The van der Waals surface area contributed by atoms with Gasteiger partial charge in [0.1, 0.15) is 0 Å². The van der Waals surface area contributed by atoms with E-state index < -0.39 is 0 Å². The number of hydrogen-bond donors (Lipinski definition) is 1. The normalized spacial score (nSPS) is 15.9. The molecule has 0 aliphatic heterocycles. The van der Waals surface area contributed by atoms with Gasteiger partial charge in [0.25, 0.3) is 0 Å². The molecule has 0 rings (SSSR count). The Morgan fingerprint density at radius 1 is 1.64 bits per heavy atom. The highest BCUT2D eigenvalue weighted by Crippen LogP contribution is 2.01. The second-order valence-corrected chi connectivity index (χ2v) is 2.68. The molecule has 0 aliphatic rings. The summed E-state index contributed by atoms with van der Waals surface area (Å²) in [6, 6.07) is 0.384. The Morgan fingerprint density at radius 3 is 2.64 bits per heavy atom. The number of rotatable bonds is 6. The van der Waals surface area contributed by atoms with Crippen molar-refractivity contribution in [3.8, 4) is 0 Å². The minimum Gasteiger partial charge on any atom is -0.382 e. The van der Waals surface area contributed by atoms with Gasteiger partial charge in [0, 0.05) is 13.2 Å². The summed E-state index contributed by atoms with van der Waals surface area (Å²) in [4.78, 5) is 0. The van der Waals surface area contributed by atoms with Crippen LogP contribution in [0.1, 0.15) is 20.3 Å². The summed E-state index contributed by atoms with van der Waals surface area (Å²) in [5, 5.41) is 3.30. The summed E-state index contributed by atoms with van der Waals surface area (Å²) < 4.78 is 5.14. The van der Waals surface area contributed by atoms with E-state index >= 15 is 0 Å². The van der Waals surface area contributed by atoms with Crippen molar-refractivity contribution >= 4 is 0 Å². The summed E-state index contributed by atoms with van der Waals surface area (Å²) in [6.45, 7) is 8.88. The highest BCUT2D eigenvalue weighted by molar-refractivity contribution is 4.86. The van der Waals surface area contributed by atoms with Crippen LogP contribution >= 0.6 is 0 Å². The Bertz CT molecular complexity index is 104. The van der Waals surface area contributed by atoms with Crippen LogP contribution in [0.3, 0.4) is 0 Å². The van der Waals surface area contributed by atoms with E-state index in [1.807, 2.05) is 6.08 Å². The molecule has 0 saturated heterocycles. The summed E-state index contributed by atoms with van der Waals surface area (Å²) in [5.41, 5.74) is 0. The third-order valence-electron chi connectivity index (χ3n) is 1.74. The Morgan fingerprint density at radius 2 is 2.27 bits per heavy atom. The minimum absolute atomic E-state index is 0.303. The lowest BCUT2D eigenvalue weighted by molar-refractivity contribution is 0.105. The molecule has 0 spiro atoms. The minimum atomic E-state index is 0.303. The van der Waals surface area contributed by atoms with Crippen molar-refractivity contribution in [2.24, 2.45) is 0 Å². The van der Waals surface area contributed by atoms with Crippen LogP contribution in [-0.2, 0) is 4.74 Å². The van der Waals surface area contributed by atoms with Gasteiger partial charge in [-0.15, -0.1) is 6.58 Å². The highest BCUT2D eigenvalue weighted by Gasteiger charge is 2.06. The van der Waals surface area contributed by atoms with E-state index in [-0.39, 0.29) is 0 Å². The first-order chi connectivity index (χ1) is 5.24. The van der Waals surface area contributed by atoms with Crippen LogP contribution in [-0.4, -0.2) is 25.8 Å². The molecular formula is C9H19NO. The third kappa shape index (κ3) is 4.99. The van der Waals surface area contributed by atoms with E-state index in [9.17, 15) is 0 Å². The van der Waals surface area contributed by atoms with Gasteiger partial charge in [-0.1, -0.05) is 13.0 Å². The Kier molecular flexibility index (Phi) is 6.18. The number of likely N-dealkylation sites (N-methyl/N-ethyl adjacent to an activating group) is 1. The predicted molar refractivity (Wildman–Crippen MR) is 48.7 cm³/mol. The average Bonchev–Trinajstić information content (AvgIpc) is 2.03. The lowest BCUT2D eigenvalue weighted by Crippen LogP contribution is -2.30. The number of ether oxygens (including phenoxy) is 1. The van der Waals surface area contributed by atoms with Crippen molar-refractivity contribution in [2.75, 3.05) is 13.7 Å². The van der Waals surface area contributed by atoms with Crippen molar-refractivity contribution in [2.45, 2.75) is 32.4 Å². The van der Waals surface area contributed by atoms with Gasteiger partial charge in [0.15, 0.2) is 0 Å². The van der Waals surface area contributed by atoms with Crippen LogP contribution in [0.25, 0.3) is 0 Å². The summed E-state index contributed by atoms with van der Waals surface area (Å²) in [7, 11) is 1.73. The van der Waals surface area contributed by atoms with Gasteiger partial charge < -0.3 is 10.1 Å². The molecule has 66 valence electrons.